The second-order valence-corrected chi connectivity index (χ2v) is 8.91. The van der Waals surface area contributed by atoms with Crippen molar-refractivity contribution in [2.24, 2.45) is 0 Å². The number of carbonyl (C=O) groups excluding carboxylic acids is 1. The normalized spacial score (nSPS) is 11.7. The maximum Gasteiger partial charge on any atom is 1.00 e. The van der Waals surface area contributed by atoms with Crippen LogP contribution in [0.25, 0.3) is 0 Å². The molecule has 0 saturated carbocycles. The molecule has 0 aromatic heterocycles. The van der Waals surface area contributed by atoms with Gasteiger partial charge in [-0.25, -0.2) is 0 Å². The van der Waals surface area contributed by atoms with E-state index < -0.39 is 43.1 Å². The molecule has 4 aromatic carbocycles. The molecule has 0 aliphatic heterocycles. The first-order valence-electron chi connectivity index (χ1n) is 10.7. The van der Waals surface area contributed by atoms with Gasteiger partial charge in [0, 0.05) is 16.9 Å². The minimum atomic E-state index is -5.16. The van der Waals surface area contributed by atoms with Crippen molar-refractivity contribution in [3.63, 3.8) is 0 Å². The number of hydrogen-bond acceptors (Lipinski definition) is 3. The van der Waals surface area contributed by atoms with E-state index in [2.05, 4.69) is 0 Å². The predicted molar refractivity (Wildman–Crippen MR) is 128 cm³/mol. The molecule has 0 saturated heterocycles. The largest absolute Gasteiger partial charge is 1.00 e. The van der Waals surface area contributed by atoms with E-state index in [9.17, 15) is 31.1 Å². The molecule has 190 valence electrons. The first-order valence-corrected chi connectivity index (χ1v) is 11.7. The minimum absolute atomic E-state index is 0. The molecule has 0 aliphatic rings. The molecule has 0 fully saturated rings. The van der Waals surface area contributed by atoms with Crippen LogP contribution >= 0.6 is 8.58 Å². The molecule has 0 radical (unpaired) electrons. The van der Waals surface area contributed by atoms with E-state index in [1.165, 1.54) is 18.2 Å². The van der Waals surface area contributed by atoms with Crippen molar-refractivity contribution in [1.82, 2.24) is 0 Å². The quantitative estimate of drug-likeness (QED) is 0.177. The van der Waals surface area contributed by atoms with Crippen LogP contribution in [0.1, 0.15) is 21.5 Å². The van der Waals surface area contributed by atoms with Crippen molar-refractivity contribution in [3.8, 4) is 23.0 Å². The zero-order valence-electron chi connectivity index (χ0n) is 19.7. The summed E-state index contributed by atoms with van der Waals surface area (Å²) >= 11 is 0. The van der Waals surface area contributed by atoms with Gasteiger partial charge in [-0.2, -0.15) is 26.3 Å². The van der Waals surface area contributed by atoms with Gasteiger partial charge in [0.05, 0.1) is 11.1 Å². The van der Waals surface area contributed by atoms with Gasteiger partial charge in [-0.3, -0.25) is 4.79 Å². The number of carbonyl (C=O) groups is 1. The molecule has 0 bridgehead atoms. The van der Waals surface area contributed by atoms with Crippen LogP contribution in [-0.2, 0) is 12.4 Å². The molecule has 0 N–H and O–H groups in total. The number of hydrogen-bond donors (Lipinski definition) is 0. The molecule has 0 amide bonds. The molecular weight excluding hydrogens is 524 g/mol. The summed E-state index contributed by atoms with van der Waals surface area (Å²) in [4.78, 5) is 13.1. The Morgan fingerprint density at radius 3 is 1.61 bits per heavy atom. The van der Waals surface area contributed by atoms with Crippen molar-refractivity contribution in [3.05, 3.63) is 114 Å². The zero-order chi connectivity index (χ0) is 26.6. The van der Waals surface area contributed by atoms with Crippen LogP contribution in [0, 0.1) is 0 Å². The maximum absolute atomic E-state index is 13.6. The summed E-state index contributed by atoms with van der Waals surface area (Å²) in [5, 5.41) is 0.111. The summed E-state index contributed by atoms with van der Waals surface area (Å²) in [6.45, 7) is 0. The summed E-state index contributed by atoms with van der Waals surface area (Å²) in [5.74, 6) is 1.20. The molecule has 3 nitrogen and oxygen atoms in total. The molecule has 4 rings (SSSR count). The Hall–Kier alpha value is -3.24. The summed E-state index contributed by atoms with van der Waals surface area (Å²) in [5.41, 5.74) is -6.03. The summed E-state index contributed by atoms with van der Waals surface area (Å²) in [6.07, 6.45) is -10.3. The monoisotopic (exact) mass is 541 g/mol. The van der Waals surface area contributed by atoms with Crippen molar-refractivity contribution in [2.45, 2.75) is 12.4 Å². The smallest absolute Gasteiger partial charge is 0.457 e. The topological polar surface area (TPSA) is 35.5 Å². The second kappa shape index (κ2) is 12.1. The molecule has 11 heteroatoms. The van der Waals surface area contributed by atoms with Gasteiger partial charge in [0.15, 0.2) is 5.52 Å². The number of rotatable bonds is 7. The molecule has 0 heterocycles. The van der Waals surface area contributed by atoms with Gasteiger partial charge in [0.2, 0.25) is 0 Å². The first kappa shape index (κ1) is 29.3. The summed E-state index contributed by atoms with van der Waals surface area (Å²) in [7, 11) is -1.10. The van der Waals surface area contributed by atoms with E-state index in [0.717, 1.165) is 0 Å². The second-order valence-electron chi connectivity index (χ2n) is 7.67. The molecule has 0 aliphatic carbocycles. The number of ether oxygens (including phenoxy) is 2. The van der Waals surface area contributed by atoms with Crippen LogP contribution in [0.15, 0.2) is 97.1 Å². The van der Waals surface area contributed by atoms with Gasteiger partial charge in [0.1, 0.15) is 23.0 Å². The zero-order valence-corrected chi connectivity index (χ0v) is 20.7. The van der Waals surface area contributed by atoms with Crippen LogP contribution in [0.3, 0.4) is 0 Å². The molecule has 1 unspecified atom stereocenters. The van der Waals surface area contributed by atoms with Crippen LogP contribution in [-0.4, -0.2) is 5.52 Å². The summed E-state index contributed by atoms with van der Waals surface area (Å²) in [6, 6.07) is 22.8. The molecule has 1 atom stereocenters. The first-order chi connectivity index (χ1) is 17.5. The number of benzene rings is 4. The van der Waals surface area contributed by atoms with Gasteiger partial charge in [-0.05, 0) is 57.1 Å². The average molecular weight is 541 g/mol. The predicted octanol–water partition coefficient (Wildman–Crippen LogP) is 5.46. The van der Waals surface area contributed by atoms with Crippen LogP contribution in [0.4, 0.5) is 26.3 Å². The fraction of sp³-hybridized carbons (Fsp3) is 0.0741. The minimum Gasteiger partial charge on any atom is -0.457 e. The Balaban J connectivity index is 0.00000400. The van der Waals surface area contributed by atoms with Crippen molar-refractivity contribution >= 4 is 19.4 Å². The van der Waals surface area contributed by atoms with Gasteiger partial charge >= 0.3 is 31.2 Å². The fourth-order valence-corrected chi connectivity index (χ4v) is 4.50. The number of alkyl halides is 6. The van der Waals surface area contributed by atoms with Gasteiger partial charge in [-0.15, -0.1) is 0 Å². The van der Waals surface area contributed by atoms with Crippen LogP contribution in [0.2, 0.25) is 0 Å². The number of para-hydroxylation sites is 2. The molecular formula is C27H17F6LiO3P+. The third kappa shape index (κ3) is 7.20. The number of halogens is 6. The van der Waals surface area contributed by atoms with E-state index in [1.54, 1.807) is 60.7 Å². The van der Waals surface area contributed by atoms with E-state index >= 15 is 0 Å². The van der Waals surface area contributed by atoms with Crippen molar-refractivity contribution in [1.29, 1.82) is 0 Å². The summed E-state index contributed by atoms with van der Waals surface area (Å²) < 4.78 is 93.1. The Kier molecular flexibility index (Phi) is 9.32. The average Bonchev–Trinajstić information content (AvgIpc) is 2.85. The standard InChI is InChI=1S/C27H17F6O3P.Li/c28-26(29,30)20-12-7-13-21(27(31,32)33)24(20)25(34)37-23-15-14-19(35-17-8-3-1-4-9-17)16-22(23)36-18-10-5-2-6-11-18;/h1-16,37H;/q;+1. The third-order valence-electron chi connectivity index (χ3n) is 5.05. The maximum atomic E-state index is 13.6. The Morgan fingerprint density at radius 1 is 0.605 bits per heavy atom. The Morgan fingerprint density at radius 2 is 1.11 bits per heavy atom. The van der Waals surface area contributed by atoms with Gasteiger partial charge < -0.3 is 9.47 Å². The van der Waals surface area contributed by atoms with Crippen molar-refractivity contribution in [2.75, 3.05) is 0 Å². The fourth-order valence-electron chi connectivity index (χ4n) is 3.45. The Bertz CT molecular complexity index is 1360. The van der Waals surface area contributed by atoms with Crippen molar-refractivity contribution < 1.29 is 59.5 Å². The van der Waals surface area contributed by atoms with E-state index in [1.807, 2.05) is 0 Å². The molecule has 38 heavy (non-hydrogen) atoms. The van der Waals surface area contributed by atoms with Gasteiger partial charge in [0.25, 0.3) is 0 Å². The Labute approximate surface area is 227 Å². The van der Waals surface area contributed by atoms with Gasteiger partial charge in [-0.1, -0.05) is 42.5 Å². The van der Waals surface area contributed by atoms with E-state index in [4.69, 9.17) is 9.47 Å². The molecule has 0 spiro atoms. The SMILES string of the molecule is O=C(Pc1ccc(Oc2ccccc2)cc1Oc1ccccc1)c1c(C(F)(F)F)cccc1C(F)(F)F.[Li+]. The van der Waals surface area contributed by atoms with E-state index in [-0.39, 0.29) is 29.9 Å². The van der Waals surface area contributed by atoms with Crippen LogP contribution < -0.4 is 33.6 Å². The molecule has 4 aromatic rings. The third-order valence-corrected chi connectivity index (χ3v) is 6.21. The van der Waals surface area contributed by atoms with E-state index in [0.29, 0.717) is 35.4 Å². The van der Waals surface area contributed by atoms with Crippen LogP contribution in [0.5, 0.6) is 23.0 Å².